The van der Waals surface area contributed by atoms with Crippen molar-refractivity contribution in [3.8, 4) is 11.1 Å². The number of rotatable bonds is 16. The molecule has 0 saturated heterocycles. The first-order valence-corrected chi connectivity index (χ1v) is 14.1. The Morgan fingerprint density at radius 1 is 0.588 bits per heavy atom. The van der Waals surface area contributed by atoms with Crippen LogP contribution in [0.5, 0.6) is 0 Å². The second kappa shape index (κ2) is 21.6. The van der Waals surface area contributed by atoms with Gasteiger partial charge in [0.2, 0.25) is 0 Å². The summed E-state index contributed by atoms with van der Waals surface area (Å²) in [7, 11) is -4.67. The Balaban J connectivity index is 0.00000164. The number of aryl methyl sites for hydroxylation is 1. The number of benzene rings is 2. The fourth-order valence-electron chi connectivity index (χ4n) is 4.15. The Morgan fingerprint density at radius 2 is 0.971 bits per heavy atom. The van der Waals surface area contributed by atoms with E-state index in [-0.39, 0.29) is 29.6 Å². The van der Waals surface area contributed by atoms with Gasteiger partial charge in [0.1, 0.15) is 0 Å². The van der Waals surface area contributed by atoms with Gasteiger partial charge in [0.25, 0.3) is 0 Å². The van der Waals surface area contributed by atoms with Crippen LogP contribution in [0.25, 0.3) is 11.1 Å². The summed E-state index contributed by atoms with van der Waals surface area (Å²) >= 11 is 0. The molecule has 0 heterocycles. The van der Waals surface area contributed by atoms with Gasteiger partial charge in [-0.3, -0.25) is 9.11 Å². The molecule has 0 aliphatic heterocycles. The van der Waals surface area contributed by atoms with Crippen LogP contribution in [0.3, 0.4) is 0 Å². The molecular weight excluding hydrogens is 455 g/mol. The molecule has 0 aromatic heterocycles. The van der Waals surface area contributed by atoms with Crippen molar-refractivity contribution >= 4 is 40.0 Å². The maximum absolute atomic E-state index is 8.74. The van der Waals surface area contributed by atoms with Crippen LogP contribution in [0.15, 0.2) is 54.6 Å². The van der Waals surface area contributed by atoms with Crippen molar-refractivity contribution in [3.63, 3.8) is 0 Å². The molecule has 34 heavy (non-hydrogen) atoms. The molecule has 0 fully saturated rings. The predicted octanol–water partition coefficient (Wildman–Crippen LogP) is 8.08. The van der Waals surface area contributed by atoms with Gasteiger partial charge in [0, 0.05) is 0 Å². The molecule has 4 nitrogen and oxygen atoms in total. The zero-order chi connectivity index (χ0) is 24.2. The van der Waals surface area contributed by atoms with Crippen LogP contribution in [-0.2, 0) is 16.8 Å². The van der Waals surface area contributed by atoms with Crippen LogP contribution in [0.2, 0.25) is 0 Å². The maximum atomic E-state index is 8.74. The van der Waals surface area contributed by atoms with Crippen molar-refractivity contribution in [3.05, 3.63) is 60.2 Å². The number of hydrogen-bond donors (Lipinski definition) is 2. The molecule has 0 bridgehead atoms. The van der Waals surface area contributed by atoms with Gasteiger partial charge in [-0.25, -0.2) is 0 Å². The van der Waals surface area contributed by atoms with E-state index in [0.717, 1.165) is 0 Å². The molecule has 0 spiro atoms. The van der Waals surface area contributed by atoms with Crippen LogP contribution in [0, 0.1) is 0 Å². The minimum absolute atomic E-state index is 0. The van der Waals surface area contributed by atoms with Gasteiger partial charge in [-0.2, -0.15) is 8.42 Å². The summed E-state index contributed by atoms with van der Waals surface area (Å²) in [6, 6.07) is 19.8. The fourth-order valence-corrected chi connectivity index (χ4v) is 4.15. The molecule has 2 aromatic carbocycles. The third-order valence-electron chi connectivity index (χ3n) is 5.90. The Hall–Kier alpha value is -0.690. The summed E-state index contributed by atoms with van der Waals surface area (Å²) in [5.41, 5.74) is 4.27. The second-order valence-electron chi connectivity index (χ2n) is 8.82. The van der Waals surface area contributed by atoms with Crippen LogP contribution < -0.4 is 0 Å². The third kappa shape index (κ3) is 19.6. The monoisotopic (exact) mass is 500 g/mol. The fraction of sp³-hybridized carbons (Fsp3) is 0.571. The quantitative estimate of drug-likeness (QED) is 0.139. The zero-order valence-electron chi connectivity index (χ0n) is 20.4. The van der Waals surface area contributed by atoms with E-state index in [4.69, 9.17) is 17.5 Å². The number of hydrogen-bond acceptors (Lipinski definition) is 2. The summed E-state index contributed by atoms with van der Waals surface area (Å²) in [5.74, 6) is 0. The van der Waals surface area contributed by atoms with Crippen LogP contribution >= 0.6 is 0 Å². The summed E-state index contributed by atoms with van der Waals surface area (Å²) < 4.78 is 31.6. The molecule has 0 saturated carbocycles. The van der Waals surface area contributed by atoms with Crippen molar-refractivity contribution in [2.24, 2.45) is 0 Å². The van der Waals surface area contributed by atoms with Gasteiger partial charge in [-0.15, -0.1) is 0 Å². The van der Waals surface area contributed by atoms with Gasteiger partial charge >= 0.3 is 40.0 Å². The van der Waals surface area contributed by atoms with E-state index in [1.165, 1.54) is 113 Å². The predicted molar refractivity (Wildman–Crippen MR) is 147 cm³/mol. The van der Waals surface area contributed by atoms with Gasteiger partial charge in [0.05, 0.1) is 0 Å². The Bertz CT molecular complexity index is 817. The topological polar surface area (TPSA) is 74.6 Å². The average molecular weight is 501 g/mol. The van der Waals surface area contributed by atoms with Crippen LogP contribution in [0.4, 0.5) is 0 Å². The molecule has 0 amide bonds. The van der Waals surface area contributed by atoms with E-state index in [1.54, 1.807) is 0 Å². The summed E-state index contributed by atoms with van der Waals surface area (Å²) in [6.07, 6.45) is 21.2. The van der Waals surface area contributed by atoms with Crippen molar-refractivity contribution in [1.29, 1.82) is 0 Å². The Morgan fingerprint density at radius 3 is 1.44 bits per heavy atom. The molecule has 2 aromatic rings. The van der Waals surface area contributed by atoms with E-state index < -0.39 is 10.4 Å². The number of unbranched alkanes of at least 4 members (excludes halogenated alkanes) is 13. The first-order chi connectivity index (χ1) is 15.9. The first-order valence-electron chi connectivity index (χ1n) is 12.7. The van der Waals surface area contributed by atoms with E-state index in [9.17, 15) is 0 Å². The van der Waals surface area contributed by atoms with Crippen molar-refractivity contribution in [2.45, 2.75) is 103 Å². The van der Waals surface area contributed by atoms with E-state index in [0.29, 0.717) is 0 Å². The van der Waals surface area contributed by atoms with Crippen LogP contribution in [0.1, 0.15) is 102 Å². The Kier molecular flexibility index (Phi) is 21.1. The SMILES string of the molecule is CCCCCCCCCCCCCCCCc1ccccc1-c1ccccc1.O=S(=O)(O)O.[NaH]. The van der Waals surface area contributed by atoms with Gasteiger partial charge in [-0.05, 0) is 29.5 Å². The molecule has 6 heteroatoms. The van der Waals surface area contributed by atoms with Gasteiger partial charge in [0.15, 0.2) is 0 Å². The molecular formula is C28H45NaO4S. The first kappa shape index (κ1) is 33.3. The molecule has 2 rings (SSSR count). The van der Waals surface area contributed by atoms with Gasteiger partial charge in [-0.1, -0.05) is 145 Å². The summed E-state index contributed by atoms with van der Waals surface area (Å²) in [6.45, 7) is 2.30. The molecule has 2 N–H and O–H groups in total. The minimum atomic E-state index is -4.67. The summed E-state index contributed by atoms with van der Waals surface area (Å²) in [4.78, 5) is 0. The van der Waals surface area contributed by atoms with Crippen molar-refractivity contribution in [2.75, 3.05) is 0 Å². The average Bonchev–Trinajstić information content (AvgIpc) is 2.79. The molecule has 0 radical (unpaired) electrons. The van der Waals surface area contributed by atoms with Crippen molar-refractivity contribution < 1.29 is 17.5 Å². The second-order valence-corrected chi connectivity index (χ2v) is 9.71. The normalized spacial score (nSPS) is 10.8. The zero-order valence-corrected chi connectivity index (χ0v) is 21.2. The van der Waals surface area contributed by atoms with E-state index in [1.807, 2.05) is 0 Å². The van der Waals surface area contributed by atoms with Gasteiger partial charge < -0.3 is 0 Å². The molecule has 0 aliphatic carbocycles. The molecule has 0 unspecified atom stereocenters. The Labute approximate surface area is 230 Å². The molecule has 0 atom stereocenters. The summed E-state index contributed by atoms with van der Waals surface area (Å²) in [5, 5.41) is 0. The molecule has 0 aliphatic rings. The molecule has 188 valence electrons. The van der Waals surface area contributed by atoms with E-state index >= 15 is 0 Å². The standard InChI is InChI=1S/C28H42.Na.H2O4S.H/c1-2-3-4-5-6-7-8-9-10-11-12-13-14-16-21-27-24-19-20-25-28(27)26-22-17-15-18-23-26;;1-5(2,3)4;/h15,17-20,22-25H,2-14,16,21H2,1H3;;(H2,1,2,3,4);. The van der Waals surface area contributed by atoms with E-state index in [2.05, 4.69) is 61.5 Å². The van der Waals surface area contributed by atoms with Crippen LogP contribution in [-0.4, -0.2) is 47.1 Å². The third-order valence-corrected chi connectivity index (χ3v) is 5.90. The van der Waals surface area contributed by atoms with Crippen molar-refractivity contribution in [1.82, 2.24) is 0 Å².